The third kappa shape index (κ3) is 1.78. The molecule has 0 radical (unpaired) electrons. The van der Waals surface area contributed by atoms with Crippen molar-refractivity contribution in [3.8, 4) is 0 Å². The highest BCUT2D eigenvalue weighted by Gasteiger charge is 2.34. The first-order chi connectivity index (χ1) is 8.58. The van der Waals surface area contributed by atoms with E-state index in [-0.39, 0.29) is 11.3 Å². The highest BCUT2D eigenvalue weighted by Crippen LogP contribution is 2.42. The lowest BCUT2D eigenvalue weighted by molar-refractivity contribution is -0.117. The summed E-state index contributed by atoms with van der Waals surface area (Å²) in [6.45, 7) is 6.51. The van der Waals surface area contributed by atoms with E-state index in [0.717, 1.165) is 18.8 Å². The van der Waals surface area contributed by atoms with Crippen molar-refractivity contribution >= 4 is 17.3 Å². The van der Waals surface area contributed by atoms with E-state index in [1.54, 1.807) is 0 Å². The minimum atomic E-state index is -0.0621. The fourth-order valence-electron chi connectivity index (χ4n) is 3.14. The molecule has 0 unspecified atom stereocenters. The number of hydrogen-bond donors (Lipinski definition) is 1. The third-order valence-electron chi connectivity index (χ3n) is 4.09. The Morgan fingerprint density at radius 1 is 1.22 bits per heavy atom. The fourth-order valence-corrected chi connectivity index (χ4v) is 3.14. The molecule has 2 aliphatic heterocycles. The van der Waals surface area contributed by atoms with E-state index in [1.807, 2.05) is 0 Å². The van der Waals surface area contributed by atoms with E-state index >= 15 is 0 Å². The van der Waals surface area contributed by atoms with Crippen molar-refractivity contribution in [3.63, 3.8) is 0 Å². The summed E-state index contributed by atoms with van der Waals surface area (Å²) < 4.78 is 0. The number of amides is 1. The van der Waals surface area contributed by atoms with Crippen LogP contribution in [0.5, 0.6) is 0 Å². The zero-order valence-corrected chi connectivity index (χ0v) is 11.1. The largest absolute Gasteiger partial charge is 0.370 e. The minimum absolute atomic E-state index is 0.0621. The number of anilines is 2. The van der Waals surface area contributed by atoms with Gasteiger partial charge in [-0.3, -0.25) is 4.79 Å². The molecule has 3 heteroatoms. The Kier molecular flexibility index (Phi) is 2.58. The summed E-state index contributed by atoms with van der Waals surface area (Å²) in [7, 11) is 0. The molecule has 0 atom stereocenters. The second-order valence-corrected chi connectivity index (χ2v) is 6.00. The Hall–Kier alpha value is -1.51. The Labute approximate surface area is 108 Å². The molecule has 3 nitrogen and oxygen atoms in total. The van der Waals surface area contributed by atoms with Crippen LogP contribution < -0.4 is 10.2 Å². The molecule has 1 saturated heterocycles. The Bertz CT molecular complexity index is 487. The molecular formula is C15H20N2O. The number of nitrogens with one attached hydrogen (secondary N) is 1. The molecule has 3 rings (SSSR count). The Morgan fingerprint density at radius 3 is 2.67 bits per heavy atom. The normalized spacial score (nSPS) is 21.7. The monoisotopic (exact) mass is 244 g/mol. The van der Waals surface area contributed by atoms with E-state index < -0.39 is 0 Å². The number of hydrogen-bond acceptors (Lipinski definition) is 2. The number of benzene rings is 1. The molecule has 18 heavy (non-hydrogen) atoms. The van der Waals surface area contributed by atoms with Crippen LogP contribution in [0.2, 0.25) is 0 Å². The first kappa shape index (κ1) is 11.6. The third-order valence-corrected chi connectivity index (χ3v) is 4.09. The maximum Gasteiger partial charge on any atom is 0.225 e. The molecule has 0 bridgehead atoms. The standard InChI is InChI=1S/C15H20N2O/c1-15(2)10-13(18)16-14-11(15)6-5-7-12(14)17-8-3-4-9-17/h5-7H,3-4,8-10H2,1-2H3,(H,16,18). The van der Waals surface area contributed by atoms with Crippen molar-refractivity contribution in [3.05, 3.63) is 23.8 Å². The molecule has 96 valence electrons. The summed E-state index contributed by atoms with van der Waals surface area (Å²) in [5.74, 6) is 0.138. The van der Waals surface area contributed by atoms with Gasteiger partial charge in [0.2, 0.25) is 5.91 Å². The molecular weight excluding hydrogens is 224 g/mol. The van der Waals surface area contributed by atoms with Crippen LogP contribution in [0, 0.1) is 0 Å². The van der Waals surface area contributed by atoms with Crippen molar-refractivity contribution in [1.29, 1.82) is 0 Å². The maximum atomic E-state index is 11.9. The van der Waals surface area contributed by atoms with Crippen LogP contribution in [0.3, 0.4) is 0 Å². The number of rotatable bonds is 1. The van der Waals surface area contributed by atoms with E-state index in [0.29, 0.717) is 6.42 Å². The molecule has 0 saturated carbocycles. The van der Waals surface area contributed by atoms with Crippen LogP contribution in [-0.4, -0.2) is 19.0 Å². The molecule has 1 fully saturated rings. The van der Waals surface area contributed by atoms with Crippen molar-refractivity contribution in [2.24, 2.45) is 0 Å². The summed E-state index contributed by atoms with van der Waals surface area (Å²) >= 11 is 0. The van der Waals surface area contributed by atoms with Gasteiger partial charge in [-0.15, -0.1) is 0 Å². The molecule has 1 N–H and O–H groups in total. The zero-order chi connectivity index (χ0) is 12.8. The fraction of sp³-hybridized carbons (Fsp3) is 0.533. The number of fused-ring (bicyclic) bond motifs is 1. The van der Waals surface area contributed by atoms with Crippen LogP contribution in [0.15, 0.2) is 18.2 Å². The van der Waals surface area contributed by atoms with E-state index in [4.69, 9.17) is 0 Å². The second-order valence-electron chi connectivity index (χ2n) is 6.00. The number of carbonyl (C=O) groups excluding carboxylic acids is 1. The van der Waals surface area contributed by atoms with Gasteiger partial charge in [0.05, 0.1) is 11.4 Å². The zero-order valence-electron chi connectivity index (χ0n) is 11.1. The number of para-hydroxylation sites is 1. The average Bonchev–Trinajstić information content (AvgIpc) is 2.80. The van der Waals surface area contributed by atoms with Gasteiger partial charge >= 0.3 is 0 Å². The predicted molar refractivity (Wildman–Crippen MR) is 74.2 cm³/mol. The van der Waals surface area contributed by atoms with Crippen LogP contribution in [-0.2, 0) is 10.2 Å². The van der Waals surface area contributed by atoms with Crippen molar-refractivity contribution in [2.45, 2.75) is 38.5 Å². The molecule has 0 spiro atoms. The summed E-state index contributed by atoms with van der Waals surface area (Å²) in [5.41, 5.74) is 3.45. The molecule has 2 heterocycles. The Morgan fingerprint density at radius 2 is 1.94 bits per heavy atom. The maximum absolute atomic E-state index is 11.9. The molecule has 2 aliphatic rings. The van der Waals surface area contributed by atoms with E-state index in [9.17, 15) is 4.79 Å². The second kappa shape index (κ2) is 4.01. The molecule has 1 amide bonds. The summed E-state index contributed by atoms with van der Waals surface area (Å²) in [6.07, 6.45) is 3.07. The SMILES string of the molecule is CC1(C)CC(=O)Nc2c(N3CCCC3)cccc21. The minimum Gasteiger partial charge on any atom is -0.370 e. The van der Waals surface area contributed by atoms with Gasteiger partial charge in [-0.05, 0) is 24.5 Å². The van der Waals surface area contributed by atoms with Crippen molar-refractivity contribution in [1.82, 2.24) is 0 Å². The van der Waals surface area contributed by atoms with Gasteiger partial charge < -0.3 is 10.2 Å². The quantitative estimate of drug-likeness (QED) is 0.823. The van der Waals surface area contributed by atoms with Crippen LogP contribution in [0.25, 0.3) is 0 Å². The summed E-state index contributed by atoms with van der Waals surface area (Å²) in [6, 6.07) is 6.39. The summed E-state index contributed by atoms with van der Waals surface area (Å²) in [5, 5.41) is 3.08. The van der Waals surface area contributed by atoms with E-state index in [1.165, 1.54) is 24.1 Å². The van der Waals surface area contributed by atoms with Crippen molar-refractivity contribution in [2.75, 3.05) is 23.3 Å². The highest BCUT2D eigenvalue weighted by atomic mass is 16.1. The topological polar surface area (TPSA) is 32.3 Å². The van der Waals surface area contributed by atoms with Gasteiger partial charge in [0.25, 0.3) is 0 Å². The van der Waals surface area contributed by atoms with Gasteiger partial charge in [0.15, 0.2) is 0 Å². The molecule has 1 aromatic carbocycles. The Balaban J connectivity index is 2.10. The predicted octanol–water partition coefficient (Wildman–Crippen LogP) is 2.91. The molecule has 1 aromatic rings. The number of carbonyl (C=O) groups is 1. The smallest absolute Gasteiger partial charge is 0.225 e. The van der Waals surface area contributed by atoms with Gasteiger partial charge in [-0.2, -0.15) is 0 Å². The lowest BCUT2D eigenvalue weighted by Crippen LogP contribution is -2.34. The van der Waals surface area contributed by atoms with E-state index in [2.05, 4.69) is 42.3 Å². The van der Waals surface area contributed by atoms with Gasteiger partial charge in [0.1, 0.15) is 0 Å². The first-order valence-corrected chi connectivity index (χ1v) is 6.76. The van der Waals surface area contributed by atoms with Gasteiger partial charge in [-0.25, -0.2) is 0 Å². The van der Waals surface area contributed by atoms with Crippen LogP contribution >= 0.6 is 0 Å². The van der Waals surface area contributed by atoms with Gasteiger partial charge in [-0.1, -0.05) is 26.0 Å². The first-order valence-electron chi connectivity index (χ1n) is 6.76. The lowest BCUT2D eigenvalue weighted by Gasteiger charge is -2.35. The van der Waals surface area contributed by atoms with Crippen LogP contribution in [0.1, 0.15) is 38.7 Å². The molecule has 0 aliphatic carbocycles. The highest BCUT2D eigenvalue weighted by molar-refractivity contribution is 5.99. The number of nitrogens with zero attached hydrogens (tertiary/aromatic N) is 1. The van der Waals surface area contributed by atoms with Crippen LogP contribution in [0.4, 0.5) is 11.4 Å². The lowest BCUT2D eigenvalue weighted by atomic mass is 9.77. The average molecular weight is 244 g/mol. The van der Waals surface area contributed by atoms with Crippen molar-refractivity contribution < 1.29 is 4.79 Å². The summed E-state index contributed by atoms with van der Waals surface area (Å²) in [4.78, 5) is 14.3. The molecule has 0 aromatic heterocycles. The van der Waals surface area contributed by atoms with Gasteiger partial charge in [0, 0.05) is 24.9 Å².